The van der Waals surface area contributed by atoms with Crippen molar-refractivity contribution in [3.05, 3.63) is 95.8 Å². The molecule has 152 valence electrons. The average molecular weight is 395 g/mol. The van der Waals surface area contributed by atoms with Crippen molar-refractivity contribution < 1.29 is 19.0 Å². The molecule has 0 aliphatic heterocycles. The molecule has 29 heavy (non-hydrogen) atoms. The van der Waals surface area contributed by atoms with Gasteiger partial charge in [-0.05, 0) is 47.5 Å². The Balaban J connectivity index is 1.60. The number of hydrogen-bond donors (Lipinski definition) is 1. The highest BCUT2D eigenvalue weighted by Gasteiger charge is 2.14. The molecular formula is C24H26FNO3. The van der Waals surface area contributed by atoms with Gasteiger partial charge < -0.3 is 14.6 Å². The Bertz CT molecular complexity index is 854. The SMILES string of the molecule is COc1ccc(OC[C@H](O)CN(Cc2ccccc2)Cc2ccc(F)cc2)cc1. The first-order chi connectivity index (χ1) is 14.1. The molecule has 0 bridgehead atoms. The van der Waals surface area contributed by atoms with Crippen molar-refractivity contribution >= 4 is 0 Å². The fourth-order valence-electron chi connectivity index (χ4n) is 3.09. The van der Waals surface area contributed by atoms with Crippen LogP contribution in [0.4, 0.5) is 4.39 Å². The summed E-state index contributed by atoms with van der Waals surface area (Å²) in [6, 6.07) is 23.8. The lowest BCUT2D eigenvalue weighted by Crippen LogP contribution is -2.35. The molecule has 1 N–H and O–H groups in total. The van der Waals surface area contributed by atoms with Crippen molar-refractivity contribution in [1.29, 1.82) is 0 Å². The van der Waals surface area contributed by atoms with E-state index < -0.39 is 6.10 Å². The minimum atomic E-state index is -0.665. The summed E-state index contributed by atoms with van der Waals surface area (Å²) >= 11 is 0. The molecule has 1 atom stereocenters. The largest absolute Gasteiger partial charge is 0.497 e. The zero-order valence-corrected chi connectivity index (χ0v) is 16.5. The third-order valence-electron chi connectivity index (χ3n) is 4.54. The van der Waals surface area contributed by atoms with Gasteiger partial charge in [0.25, 0.3) is 0 Å². The molecule has 0 spiro atoms. The van der Waals surface area contributed by atoms with Crippen molar-refractivity contribution in [3.8, 4) is 11.5 Å². The minimum absolute atomic E-state index is 0.182. The van der Waals surface area contributed by atoms with Gasteiger partial charge in [0.05, 0.1) is 7.11 Å². The van der Waals surface area contributed by atoms with Gasteiger partial charge in [-0.2, -0.15) is 0 Å². The van der Waals surface area contributed by atoms with Crippen molar-refractivity contribution in [2.75, 3.05) is 20.3 Å². The zero-order valence-electron chi connectivity index (χ0n) is 16.5. The van der Waals surface area contributed by atoms with Gasteiger partial charge in [0.1, 0.15) is 30.0 Å². The van der Waals surface area contributed by atoms with Gasteiger partial charge in [0.2, 0.25) is 0 Å². The second-order valence-electron chi connectivity index (χ2n) is 6.92. The monoisotopic (exact) mass is 395 g/mol. The molecular weight excluding hydrogens is 369 g/mol. The normalized spacial score (nSPS) is 12.0. The topological polar surface area (TPSA) is 41.9 Å². The van der Waals surface area contributed by atoms with Crippen LogP contribution in [0.3, 0.4) is 0 Å². The van der Waals surface area contributed by atoms with Crippen LogP contribution in [-0.2, 0) is 13.1 Å². The van der Waals surface area contributed by atoms with Gasteiger partial charge in [-0.15, -0.1) is 0 Å². The van der Waals surface area contributed by atoms with Crippen LogP contribution in [0.2, 0.25) is 0 Å². The molecule has 0 aliphatic rings. The molecule has 0 unspecified atom stereocenters. The number of hydrogen-bond acceptors (Lipinski definition) is 4. The van der Waals surface area contributed by atoms with Crippen LogP contribution >= 0.6 is 0 Å². The zero-order chi connectivity index (χ0) is 20.5. The Morgan fingerprint density at radius 3 is 2.03 bits per heavy atom. The van der Waals surface area contributed by atoms with Gasteiger partial charge in [-0.1, -0.05) is 42.5 Å². The molecule has 3 rings (SSSR count). The molecule has 3 aromatic carbocycles. The van der Waals surface area contributed by atoms with Crippen LogP contribution in [0.15, 0.2) is 78.9 Å². The van der Waals surface area contributed by atoms with Crippen LogP contribution in [0.25, 0.3) is 0 Å². The van der Waals surface area contributed by atoms with E-state index in [0.29, 0.717) is 25.4 Å². The molecule has 0 aliphatic carbocycles. The fraction of sp³-hybridized carbons (Fsp3) is 0.250. The summed E-state index contributed by atoms with van der Waals surface area (Å²) < 4.78 is 24.0. The summed E-state index contributed by atoms with van der Waals surface area (Å²) in [4.78, 5) is 2.13. The molecule has 0 heterocycles. The average Bonchev–Trinajstić information content (AvgIpc) is 2.75. The smallest absolute Gasteiger partial charge is 0.123 e. The van der Waals surface area contributed by atoms with E-state index in [-0.39, 0.29) is 12.4 Å². The summed E-state index contributed by atoms with van der Waals surface area (Å²) in [5, 5.41) is 10.5. The van der Waals surface area contributed by atoms with E-state index in [1.807, 2.05) is 42.5 Å². The molecule has 0 saturated carbocycles. The van der Waals surface area contributed by atoms with Crippen LogP contribution in [0, 0.1) is 5.82 Å². The summed E-state index contributed by atoms with van der Waals surface area (Å²) in [6.07, 6.45) is -0.665. The quantitative estimate of drug-likeness (QED) is 0.557. The molecule has 3 aromatic rings. The van der Waals surface area contributed by atoms with Gasteiger partial charge in [0.15, 0.2) is 0 Å². The van der Waals surface area contributed by atoms with E-state index in [1.54, 1.807) is 19.2 Å². The second kappa shape index (κ2) is 10.6. The number of aliphatic hydroxyl groups excluding tert-OH is 1. The lowest BCUT2D eigenvalue weighted by Gasteiger charge is -2.25. The van der Waals surface area contributed by atoms with E-state index in [0.717, 1.165) is 16.9 Å². The van der Waals surface area contributed by atoms with E-state index in [2.05, 4.69) is 17.0 Å². The third kappa shape index (κ3) is 6.89. The Morgan fingerprint density at radius 2 is 1.41 bits per heavy atom. The maximum atomic E-state index is 13.2. The minimum Gasteiger partial charge on any atom is -0.497 e. The first kappa shape index (κ1) is 20.8. The number of benzene rings is 3. The molecule has 0 fully saturated rings. The standard InChI is InChI=1S/C24H26FNO3/c1-28-23-11-13-24(14-12-23)29-18-22(27)17-26(15-19-5-3-2-4-6-19)16-20-7-9-21(25)10-8-20/h2-14,22,27H,15-18H2,1H3/t22-/m1/s1. The first-order valence-corrected chi connectivity index (χ1v) is 9.58. The van der Waals surface area contributed by atoms with E-state index in [4.69, 9.17) is 9.47 Å². The van der Waals surface area contributed by atoms with Crippen molar-refractivity contribution in [2.45, 2.75) is 19.2 Å². The van der Waals surface area contributed by atoms with E-state index in [1.165, 1.54) is 12.1 Å². The summed E-state index contributed by atoms with van der Waals surface area (Å²) in [5.41, 5.74) is 2.14. The van der Waals surface area contributed by atoms with Crippen LogP contribution in [0.5, 0.6) is 11.5 Å². The number of methoxy groups -OCH3 is 1. The van der Waals surface area contributed by atoms with Crippen LogP contribution in [0.1, 0.15) is 11.1 Å². The van der Waals surface area contributed by atoms with Gasteiger partial charge in [-0.25, -0.2) is 4.39 Å². The van der Waals surface area contributed by atoms with Crippen molar-refractivity contribution in [2.24, 2.45) is 0 Å². The molecule has 0 amide bonds. The van der Waals surface area contributed by atoms with E-state index >= 15 is 0 Å². The highest BCUT2D eigenvalue weighted by Crippen LogP contribution is 2.17. The Kier molecular flexibility index (Phi) is 7.61. The van der Waals surface area contributed by atoms with Gasteiger partial charge in [-0.3, -0.25) is 4.90 Å². The Morgan fingerprint density at radius 1 is 0.828 bits per heavy atom. The fourth-order valence-corrected chi connectivity index (χ4v) is 3.09. The molecule has 5 heteroatoms. The Hall–Kier alpha value is -2.89. The lowest BCUT2D eigenvalue weighted by molar-refractivity contribution is 0.0628. The number of rotatable bonds is 10. The van der Waals surface area contributed by atoms with E-state index in [9.17, 15) is 9.50 Å². The first-order valence-electron chi connectivity index (χ1n) is 9.58. The predicted molar refractivity (Wildman–Crippen MR) is 111 cm³/mol. The summed E-state index contributed by atoms with van der Waals surface area (Å²) in [6.45, 7) is 1.90. The predicted octanol–water partition coefficient (Wildman–Crippen LogP) is 4.28. The molecule has 0 radical (unpaired) electrons. The highest BCUT2D eigenvalue weighted by atomic mass is 19.1. The number of halogens is 1. The molecule has 0 saturated heterocycles. The third-order valence-corrected chi connectivity index (χ3v) is 4.54. The van der Waals surface area contributed by atoms with Crippen molar-refractivity contribution in [1.82, 2.24) is 4.90 Å². The van der Waals surface area contributed by atoms with Gasteiger partial charge in [0, 0.05) is 19.6 Å². The highest BCUT2D eigenvalue weighted by molar-refractivity contribution is 5.31. The number of ether oxygens (including phenoxy) is 2. The van der Waals surface area contributed by atoms with Gasteiger partial charge >= 0.3 is 0 Å². The summed E-state index contributed by atoms with van der Waals surface area (Å²) in [7, 11) is 1.61. The lowest BCUT2D eigenvalue weighted by atomic mass is 10.1. The van der Waals surface area contributed by atoms with Crippen LogP contribution in [-0.4, -0.2) is 36.4 Å². The molecule has 0 aromatic heterocycles. The maximum absolute atomic E-state index is 13.2. The van der Waals surface area contributed by atoms with Crippen LogP contribution < -0.4 is 9.47 Å². The second-order valence-corrected chi connectivity index (χ2v) is 6.92. The number of nitrogens with zero attached hydrogens (tertiary/aromatic N) is 1. The van der Waals surface area contributed by atoms with Crippen molar-refractivity contribution in [3.63, 3.8) is 0 Å². The summed E-state index contributed by atoms with van der Waals surface area (Å²) in [5.74, 6) is 1.18. The maximum Gasteiger partial charge on any atom is 0.123 e. The molecule has 4 nitrogen and oxygen atoms in total. The Labute approximate surface area is 171 Å². The number of aliphatic hydroxyl groups is 1.